The number of ketones is 1. The van der Waals surface area contributed by atoms with Crippen molar-refractivity contribution in [2.45, 2.75) is 62.9 Å². The number of Topliss-reactive ketones (excluding diaryl/α,β-unsaturated/α-hetero) is 1. The largest absolute Gasteiger partial charge is 0.465 e. The molecule has 0 bridgehead atoms. The Labute approximate surface area is 414 Å². The van der Waals surface area contributed by atoms with Crippen molar-refractivity contribution >= 4 is 45.7 Å². The Morgan fingerprint density at radius 2 is 0.610 bits per heavy atom. The first-order valence-corrected chi connectivity index (χ1v) is 20.3. The maximum atomic E-state index is 14.2. The lowest BCUT2D eigenvalue weighted by Crippen LogP contribution is -2.75. The molecule has 0 saturated heterocycles. The van der Waals surface area contributed by atoms with Crippen molar-refractivity contribution in [2.24, 2.45) is 0 Å². The van der Waals surface area contributed by atoms with Gasteiger partial charge in [-0.2, -0.15) is 132 Å². The molecule has 0 radical (unpaired) electrons. The van der Waals surface area contributed by atoms with Crippen LogP contribution in [0.3, 0.4) is 0 Å². The summed E-state index contributed by atoms with van der Waals surface area (Å²) in [5, 5.41) is 0. The third-order valence-corrected chi connectivity index (χ3v) is 11.0. The first-order valence-electron chi connectivity index (χ1n) is 20.3. The fourth-order valence-corrected chi connectivity index (χ4v) is 7.61. The highest BCUT2D eigenvalue weighted by molar-refractivity contribution is 7.20. The Hall–Kier alpha value is -7.31. The molecule has 7 nitrogen and oxygen atoms in total. The summed E-state index contributed by atoms with van der Waals surface area (Å²) in [5.74, 6) is -2.23. The summed E-state index contributed by atoms with van der Waals surface area (Å²) in [6.07, 6.45) is -48.6. The lowest BCUT2D eigenvalue weighted by molar-refractivity contribution is -0.688. The van der Waals surface area contributed by atoms with E-state index in [1.165, 1.54) is 19.3 Å². The highest BCUT2D eigenvalue weighted by Gasteiger charge is 2.47. The molecule has 0 N–H and O–H groups in total. The number of allylic oxidation sites excluding steroid dienone is 1. The van der Waals surface area contributed by atoms with Crippen LogP contribution in [0.4, 0.5) is 105 Å². The van der Waals surface area contributed by atoms with Crippen molar-refractivity contribution in [3.63, 3.8) is 0 Å². The van der Waals surface area contributed by atoms with Gasteiger partial charge in [0.2, 0.25) is 0 Å². The predicted octanol–water partition coefficient (Wildman–Crippen LogP) is 10.8. The predicted molar refractivity (Wildman–Crippen MR) is 216 cm³/mol. The van der Waals surface area contributed by atoms with Gasteiger partial charge in [0.1, 0.15) is 6.15 Å². The quantitative estimate of drug-likeness (QED) is 0.0278. The first-order chi connectivity index (χ1) is 34.8. The van der Waals surface area contributed by atoms with E-state index in [-0.39, 0.29) is 12.1 Å². The maximum Gasteiger partial charge on any atom is 0.416 e. The molecular weight excluding hydrogens is 1120 g/mol. The summed E-state index contributed by atoms with van der Waals surface area (Å²) >= 11 is 0. The van der Waals surface area contributed by atoms with Crippen LogP contribution in [-0.2, 0) is 79.8 Å². The number of esters is 2. The van der Waals surface area contributed by atoms with E-state index in [9.17, 15) is 120 Å². The van der Waals surface area contributed by atoms with Gasteiger partial charge in [-0.15, -0.1) is 0 Å². The topological polar surface area (TPSA) is 86.4 Å². The molecule has 0 atom stereocenters. The molecule has 5 aromatic rings. The smallest absolute Gasteiger partial charge is 0.416 e. The molecule has 1 aromatic heterocycles. The van der Waals surface area contributed by atoms with E-state index in [2.05, 4.69) is 14.5 Å². The van der Waals surface area contributed by atoms with Gasteiger partial charge in [0, 0.05) is 0 Å². The standard InChI is InChI=1S/C32H12BF24.C13H15N2O5/c34-25(35,36)13-1-14(26(37,38)39)6-21(5-13)33(22-7-15(27(40,41)42)2-16(8-22)28(43,44)45,23-9-17(29(46,47)48)3-18(10-23)30(49,50)51)24-11-19(31(52,53)54)4-20(12-24)32(55,56)57;1-9(16)10(8-15-6-4-14-5-7-15)11(12(17)19-2)13(18)20-3/h1-12H;4-7H,8H2,1-3H3/q-1;+1. The summed E-state index contributed by atoms with van der Waals surface area (Å²) < 4.78 is 351. The highest BCUT2D eigenvalue weighted by atomic mass is 19.4. The van der Waals surface area contributed by atoms with Gasteiger partial charge in [-0.25, -0.2) is 9.59 Å². The summed E-state index contributed by atoms with van der Waals surface area (Å²) in [6.45, 7) is 1.31. The van der Waals surface area contributed by atoms with E-state index < -0.39 is 218 Å². The number of carbonyl (C=O) groups excluding carboxylic acids is 3. The first kappa shape index (κ1) is 62.2. The molecular formula is C45H27BF24N2O5. The van der Waals surface area contributed by atoms with E-state index in [0.29, 0.717) is 0 Å². The van der Waals surface area contributed by atoms with E-state index in [1.54, 1.807) is 17.0 Å². The lowest BCUT2D eigenvalue weighted by Gasteiger charge is -2.46. The lowest BCUT2D eigenvalue weighted by atomic mass is 9.12. The number of ether oxygens (including phenoxy) is 2. The number of hydrogen-bond acceptors (Lipinski definition) is 6. The number of methoxy groups -OCH3 is 2. The number of aromatic nitrogens is 2. The minimum Gasteiger partial charge on any atom is -0.465 e. The van der Waals surface area contributed by atoms with Crippen molar-refractivity contribution in [3.05, 3.63) is 153 Å². The summed E-state index contributed by atoms with van der Waals surface area (Å²) in [5.41, 5.74) is -30.6. The number of benzene rings is 4. The molecule has 0 amide bonds. The Morgan fingerprint density at radius 3 is 0.779 bits per heavy atom. The summed E-state index contributed by atoms with van der Waals surface area (Å²) in [7, 11) is 2.26. The zero-order chi connectivity index (χ0) is 59.0. The third-order valence-electron chi connectivity index (χ3n) is 11.0. The molecule has 4 aromatic carbocycles. The number of halogens is 24. The molecule has 0 aliphatic rings. The van der Waals surface area contributed by atoms with Gasteiger partial charge < -0.3 is 9.47 Å². The van der Waals surface area contributed by atoms with Crippen molar-refractivity contribution in [1.29, 1.82) is 0 Å². The number of carbonyl (C=O) groups is 3. The molecule has 0 unspecified atom stereocenters. The molecule has 5 rings (SSSR count). The van der Waals surface area contributed by atoms with Crippen LogP contribution in [0.1, 0.15) is 51.4 Å². The summed E-state index contributed by atoms with van der Waals surface area (Å²) in [6, 6.07) is -8.81. The van der Waals surface area contributed by atoms with E-state index in [4.69, 9.17) is 0 Å². The second kappa shape index (κ2) is 21.6. The molecule has 0 aliphatic carbocycles. The van der Waals surface area contributed by atoms with Gasteiger partial charge >= 0.3 is 61.3 Å². The monoisotopic (exact) mass is 1140 g/mol. The minimum atomic E-state index is -6.13. The van der Waals surface area contributed by atoms with Crippen molar-refractivity contribution < 1.29 is 134 Å². The Bertz CT molecular complexity index is 2580. The van der Waals surface area contributed by atoms with E-state index in [1.807, 2.05) is 0 Å². The van der Waals surface area contributed by atoms with Gasteiger partial charge in [0.15, 0.2) is 30.3 Å². The van der Waals surface area contributed by atoms with E-state index in [0.717, 1.165) is 14.2 Å². The van der Waals surface area contributed by atoms with Crippen LogP contribution in [0.2, 0.25) is 0 Å². The molecule has 32 heteroatoms. The maximum absolute atomic E-state index is 14.2. The zero-order valence-corrected chi connectivity index (χ0v) is 38.0. The van der Waals surface area contributed by atoms with Crippen LogP contribution in [-0.4, -0.2) is 43.1 Å². The number of hydrogen-bond donors (Lipinski definition) is 0. The summed E-state index contributed by atoms with van der Waals surface area (Å²) in [4.78, 5) is 39.0. The molecule has 0 fully saturated rings. The molecule has 0 aliphatic heterocycles. The van der Waals surface area contributed by atoms with Crippen LogP contribution in [0, 0.1) is 0 Å². The van der Waals surface area contributed by atoms with E-state index >= 15 is 0 Å². The second-order valence-electron chi connectivity index (χ2n) is 16.0. The molecule has 77 heavy (non-hydrogen) atoms. The van der Waals surface area contributed by atoms with Gasteiger partial charge in [-0.05, 0) is 31.2 Å². The van der Waals surface area contributed by atoms with Gasteiger partial charge in [0.25, 0.3) is 0 Å². The molecule has 1 heterocycles. The van der Waals surface area contributed by atoms with Crippen molar-refractivity contribution in [2.75, 3.05) is 14.2 Å². The average molecular weight is 1140 g/mol. The number of nitrogens with zero attached hydrogens (tertiary/aromatic N) is 2. The van der Waals surface area contributed by atoms with Crippen molar-refractivity contribution in [1.82, 2.24) is 4.98 Å². The Morgan fingerprint density at radius 1 is 0.403 bits per heavy atom. The van der Waals surface area contributed by atoms with Crippen LogP contribution in [0.25, 0.3) is 0 Å². The van der Waals surface area contributed by atoms with Crippen molar-refractivity contribution in [3.8, 4) is 0 Å². The zero-order valence-electron chi connectivity index (χ0n) is 38.0. The normalized spacial score (nSPS) is 13.1. The molecule has 0 spiro atoms. The van der Waals surface area contributed by atoms with Crippen LogP contribution < -0.4 is 26.4 Å². The molecule has 0 saturated carbocycles. The number of alkyl halides is 24. The Balaban J connectivity index is 0.000000536. The fraction of sp³-hybridized carbons (Fsp3) is 0.267. The minimum absolute atomic E-state index is 0.0138. The average Bonchev–Trinajstić information content (AvgIpc) is 3.29. The fourth-order valence-electron chi connectivity index (χ4n) is 7.61. The van der Waals surface area contributed by atoms with Crippen LogP contribution in [0.15, 0.2) is 109 Å². The van der Waals surface area contributed by atoms with Crippen LogP contribution in [0.5, 0.6) is 0 Å². The molecule has 418 valence electrons. The second-order valence-corrected chi connectivity index (χ2v) is 16.0. The Kier molecular flexibility index (Phi) is 17.5. The number of rotatable bonds is 9. The van der Waals surface area contributed by atoms with Gasteiger partial charge in [-0.1, -0.05) is 48.5 Å². The van der Waals surface area contributed by atoms with Gasteiger partial charge in [-0.3, -0.25) is 9.78 Å². The van der Waals surface area contributed by atoms with Crippen LogP contribution >= 0.6 is 0 Å². The highest BCUT2D eigenvalue weighted by Crippen LogP contribution is 2.41. The third kappa shape index (κ3) is 14.6. The van der Waals surface area contributed by atoms with Gasteiger partial charge in [0.05, 0.1) is 76.7 Å². The SMILES string of the molecule is COC(=O)C(C(=O)OC)=C(C[n+]1ccncc1)C(C)=O.FC(F)(F)c1cc([B-](c2cc(C(F)(F)F)cc(C(F)(F)F)c2)(c2cc(C(F)(F)F)cc(C(F)(F)F)c2)c2cc(C(F)(F)F)cc(C(F)(F)F)c2)cc(C(F)(F)F)c1.